The molecule has 0 aliphatic heterocycles. The van der Waals surface area contributed by atoms with Crippen molar-refractivity contribution in [1.29, 1.82) is 0 Å². The number of benzene rings is 2. The molecule has 0 atom stereocenters. The van der Waals surface area contributed by atoms with Gasteiger partial charge in [-0.2, -0.15) is 0 Å². The first-order valence-electron chi connectivity index (χ1n) is 23.0. The minimum Gasteiger partial charge on any atom is -0.491 e. The molecule has 0 saturated carbocycles. The highest BCUT2D eigenvalue weighted by Gasteiger charge is 1.98. The van der Waals surface area contributed by atoms with Crippen molar-refractivity contribution in [2.75, 3.05) is 145 Å². The van der Waals surface area contributed by atoms with Gasteiger partial charge in [0, 0.05) is 13.2 Å². The number of ether oxygens (including phenoxy) is 12. The van der Waals surface area contributed by atoms with E-state index in [0.717, 1.165) is 37.6 Å². The molecule has 13 heteroatoms. The van der Waals surface area contributed by atoms with Crippen LogP contribution >= 0.6 is 0 Å². The van der Waals surface area contributed by atoms with Gasteiger partial charge in [-0.3, -0.25) is 0 Å². The molecule has 0 aliphatic carbocycles. The third-order valence-corrected chi connectivity index (χ3v) is 8.74. The van der Waals surface area contributed by atoms with Gasteiger partial charge in [0.2, 0.25) is 0 Å². The Labute approximate surface area is 369 Å². The summed E-state index contributed by atoms with van der Waals surface area (Å²) >= 11 is 0. The van der Waals surface area contributed by atoms with Gasteiger partial charge in [0.1, 0.15) is 24.7 Å². The Morgan fingerprint density at radius 2 is 0.459 bits per heavy atom. The normalized spacial score (nSPS) is 10.9. The van der Waals surface area contributed by atoms with Gasteiger partial charge in [-0.1, -0.05) is 114 Å². The Morgan fingerprint density at radius 1 is 0.246 bits per heavy atom. The standard InChI is InChI=1S/2C24H42O6.H2O/c2*1-2-3-4-5-6-10-13-25-14-15-26-16-17-27-18-19-28-20-21-29-22-23-30-24-11-8-7-9-12-24;/h2*7-9,11-12H,2-6,10,13-23H2,1H3;1H2. The van der Waals surface area contributed by atoms with E-state index in [1.165, 1.54) is 64.2 Å². The summed E-state index contributed by atoms with van der Waals surface area (Å²) < 4.78 is 66.0. The molecule has 13 nitrogen and oxygen atoms in total. The van der Waals surface area contributed by atoms with Crippen molar-refractivity contribution in [3.8, 4) is 11.5 Å². The van der Waals surface area contributed by atoms with E-state index in [9.17, 15) is 0 Å². The highest BCUT2D eigenvalue weighted by molar-refractivity contribution is 5.21. The molecule has 0 unspecified atom stereocenters. The van der Waals surface area contributed by atoms with Crippen LogP contribution in [-0.4, -0.2) is 151 Å². The summed E-state index contributed by atoms with van der Waals surface area (Å²) in [6.45, 7) is 17.7. The van der Waals surface area contributed by atoms with Crippen molar-refractivity contribution in [3.05, 3.63) is 60.7 Å². The summed E-state index contributed by atoms with van der Waals surface area (Å²) in [4.78, 5) is 0. The van der Waals surface area contributed by atoms with Crippen LogP contribution in [0.2, 0.25) is 0 Å². The molecule has 0 aliphatic rings. The van der Waals surface area contributed by atoms with E-state index < -0.39 is 0 Å². The summed E-state index contributed by atoms with van der Waals surface area (Å²) in [6, 6.07) is 19.4. The first-order chi connectivity index (χ1) is 29.9. The van der Waals surface area contributed by atoms with Gasteiger partial charge < -0.3 is 62.3 Å². The van der Waals surface area contributed by atoms with E-state index in [0.29, 0.717) is 132 Å². The van der Waals surface area contributed by atoms with Gasteiger partial charge in [0.05, 0.1) is 119 Å². The summed E-state index contributed by atoms with van der Waals surface area (Å²) in [5.41, 5.74) is 0. The number of unbranched alkanes of at least 4 members (excludes halogenated alkanes) is 10. The lowest BCUT2D eigenvalue weighted by molar-refractivity contribution is -0.0128. The van der Waals surface area contributed by atoms with Gasteiger partial charge in [-0.15, -0.1) is 0 Å². The molecule has 0 spiro atoms. The maximum Gasteiger partial charge on any atom is 0.119 e. The van der Waals surface area contributed by atoms with Crippen LogP contribution in [0.5, 0.6) is 11.5 Å². The van der Waals surface area contributed by atoms with Crippen molar-refractivity contribution in [1.82, 2.24) is 0 Å². The van der Waals surface area contributed by atoms with Crippen LogP contribution in [0, 0.1) is 0 Å². The Balaban J connectivity index is 0.00000116. The lowest BCUT2D eigenvalue weighted by Crippen LogP contribution is -2.14. The van der Waals surface area contributed by atoms with Crippen molar-refractivity contribution in [2.45, 2.75) is 90.9 Å². The summed E-state index contributed by atoms with van der Waals surface area (Å²) in [5.74, 6) is 1.72. The molecule has 2 rings (SSSR count). The molecule has 356 valence electrons. The summed E-state index contributed by atoms with van der Waals surface area (Å²) in [7, 11) is 0. The maximum absolute atomic E-state index is 5.56. The molecule has 0 heterocycles. The molecular weight excluding hydrogens is 785 g/mol. The fourth-order valence-electron chi connectivity index (χ4n) is 5.40. The second kappa shape index (κ2) is 51.9. The van der Waals surface area contributed by atoms with Crippen molar-refractivity contribution in [3.63, 3.8) is 0 Å². The van der Waals surface area contributed by atoms with Crippen LogP contribution < -0.4 is 9.47 Å². The fourth-order valence-corrected chi connectivity index (χ4v) is 5.40. The molecule has 2 aromatic rings. The molecule has 0 aromatic heterocycles. The Hall–Kier alpha value is -2.40. The SMILES string of the molecule is CCCCCCCCOCCOCCOCCOCCOCCOc1ccccc1.CCCCCCCCOCCOCCOCCOCCOCCOc1ccccc1.O. The Morgan fingerprint density at radius 3 is 0.721 bits per heavy atom. The predicted octanol–water partition coefficient (Wildman–Crippen LogP) is 8.19. The molecule has 0 amide bonds. The van der Waals surface area contributed by atoms with E-state index >= 15 is 0 Å². The minimum absolute atomic E-state index is 0. The van der Waals surface area contributed by atoms with E-state index in [-0.39, 0.29) is 5.48 Å². The van der Waals surface area contributed by atoms with Crippen LogP contribution in [0.25, 0.3) is 0 Å². The highest BCUT2D eigenvalue weighted by Crippen LogP contribution is 2.09. The first-order valence-corrected chi connectivity index (χ1v) is 23.0. The third kappa shape index (κ3) is 46.9. The van der Waals surface area contributed by atoms with Gasteiger partial charge >= 0.3 is 0 Å². The number of hydrogen-bond donors (Lipinski definition) is 0. The third-order valence-electron chi connectivity index (χ3n) is 8.74. The molecule has 61 heavy (non-hydrogen) atoms. The van der Waals surface area contributed by atoms with Crippen LogP contribution in [0.4, 0.5) is 0 Å². The monoisotopic (exact) mass is 871 g/mol. The molecule has 2 N–H and O–H groups in total. The van der Waals surface area contributed by atoms with Gasteiger partial charge in [0.25, 0.3) is 0 Å². The number of hydrogen-bond acceptors (Lipinski definition) is 12. The van der Waals surface area contributed by atoms with E-state index in [1.54, 1.807) is 0 Å². The van der Waals surface area contributed by atoms with E-state index in [1.807, 2.05) is 60.7 Å². The Kier molecular flexibility index (Phi) is 49.9. The van der Waals surface area contributed by atoms with Crippen LogP contribution in [0.15, 0.2) is 60.7 Å². The largest absolute Gasteiger partial charge is 0.491 e. The number of para-hydroxylation sites is 2. The smallest absolute Gasteiger partial charge is 0.119 e. The highest BCUT2D eigenvalue weighted by atomic mass is 16.6. The van der Waals surface area contributed by atoms with Crippen molar-refractivity contribution in [2.24, 2.45) is 0 Å². The zero-order chi connectivity index (χ0) is 42.8. The second-order valence-corrected chi connectivity index (χ2v) is 14.0. The van der Waals surface area contributed by atoms with Crippen LogP contribution in [-0.2, 0) is 47.4 Å². The molecule has 0 bridgehead atoms. The van der Waals surface area contributed by atoms with Gasteiger partial charge in [-0.05, 0) is 37.1 Å². The zero-order valence-corrected chi connectivity index (χ0v) is 38.2. The van der Waals surface area contributed by atoms with Crippen LogP contribution in [0.1, 0.15) is 90.9 Å². The van der Waals surface area contributed by atoms with Crippen LogP contribution in [0.3, 0.4) is 0 Å². The zero-order valence-electron chi connectivity index (χ0n) is 38.2. The summed E-state index contributed by atoms with van der Waals surface area (Å²) in [5, 5.41) is 0. The van der Waals surface area contributed by atoms with Gasteiger partial charge in [0.15, 0.2) is 0 Å². The summed E-state index contributed by atoms with van der Waals surface area (Å²) in [6.07, 6.45) is 15.5. The predicted molar refractivity (Wildman–Crippen MR) is 242 cm³/mol. The van der Waals surface area contributed by atoms with E-state index in [4.69, 9.17) is 56.8 Å². The Bertz CT molecular complexity index is 971. The molecule has 0 radical (unpaired) electrons. The number of rotatable bonds is 46. The lowest BCUT2D eigenvalue weighted by Gasteiger charge is -2.08. The van der Waals surface area contributed by atoms with Crippen molar-refractivity contribution < 1.29 is 62.3 Å². The van der Waals surface area contributed by atoms with Gasteiger partial charge in [-0.25, -0.2) is 0 Å². The molecule has 2 aromatic carbocycles. The fraction of sp³-hybridized carbons (Fsp3) is 0.750. The molecule has 0 fully saturated rings. The van der Waals surface area contributed by atoms with Crippen molar-refractivity contribution >= 4 is 0 Å². The minimum atomic E-state index is 0. The topological polar surface area (TPSA) is 142 Å². The van der Waals surface area contributed by atoms with E-state index in [2.05, 4.69) is 13.8 Å². The molecule has 0 saturated heterocycles. The average Bonchev–Trinajstić information content (AvgIpc) is 3.28. The quantitative estimate of drug-likeness (QED) is 0.0592. The second-order valence-electron chi connectivity index (χ2n) is 14.0. The molecular formula is C48H86O13. The first kappa shape index (κ1) is 58.6. The average molecular weight is 871 g/mol. The lowest BCUT2D eigenvalue weighted by atomic mass is 10.1. The maximum atomic E-state index is 5.56.